The van der Waals surface area contributed by atoms with E-state index in [0.29, 0.717) is 28.4 Å². The summed E-state index contributed by atoms with van der Waals surface area (Å²) in [4.78, 5) is 15.0. The first-order valence-electron chi connectivity index (χ1n) is 14.4. The molecule has 5 nitrogen and oxygen atoms in total. The van der Waals surface area contributed by atoms with Crippen LogP contribution in [0.15, 0.2) is 97.3 Å². The van der Waals surface area contributed by atoms with Crippen LogP contribution in [-0.2, 0) is 21.1 Å². The zero-order valence-electron chi connectivity index (χ0n) is 24.4. The molecule has 0 saturated carbocycles. The average molecular weight is 743 g/mol. The molecule has 0 unspecified atom stereocenters. The maximum atomic E-state index is 10.8. The van der Waals surface area contributed by atoms with Crippen LogP contribution in [0.2, 0.25) is 0 Å². The summed E-state index contributed by atoms with van der Waals surface area (Å²) in [7, 11) is 0. The first-order chi connectivity index (χ1) is 20.4. The maximum absolute atomic E-state index is 10.8. The van der Waals surface area contributed by atoms with E-state index in [1.807, 2.05) is 36.4 Å². The van der Waals surface area contributed by atoms with Crippen LogP contribution in [0.5, 0.6) is 5.75 Å². The molecule has 0 bridgehead atoms. The second-order valence-electron chi connectivity index (χ2n) is 11.4. The predicted octanol–water partition coefficient (Wildman–Crippen LogP) is 9.21. The number of aromatic hydroxyl groups is 1. The third-order valence-corrected chi connectivity index (χ3v) is 8.02. The van der Waals surface area contributed by atoms with Crippen molar-refractivity contribution in [3.63, 3.8) is 0 Å². The molecule has 43 heavy (non-hydrogen) atoms. The summed E-state index contributed by atoms with van der Waals surface area (Å²) < 4.78 is 2.22. The summed E-state index contributed by atoms with van der Waals surface area (Å²) in [6.07, 6.45) is 3.92. The van der Waals surface area contributed by atoms with Crippen LogP contribution >= 0.6 is 0 Å². The van der Waals surface area contributed by atoms with Gasteiger partial charge in [0.25, 0.3) is 0 Å². The van der Waals surface area contributed by atoms with Crippen LogP contribution in [0.4, 0.5) is 0 Å². The Bertz CT molecular complexity index is 2100. The number of phenolic OH excluding ortho intramolecular Hbond substituents is 1. The molecule has 0 aliphatic heterocycles. The second-order valence-corrected chi connectivity index (χ2v) is 11.4. The van der Waals surface area contributed by atoms with Gasteiger partial charge in [-0.1, -0.05) is 81.8 Å². The van der Waals surface area contributed by atoms with Crippen LogP contribution in [-0.4, -0.2) is 24.6 Å². The Balaban J connectivity index is 0.00000329. The monoisotopic (exact) mass is 742 g/mol. The van der Waals surface area contributed by atoms with Gasteiger partial charge < -0.3 is 5.11 Å². The Morgan fingerprint density at radius 2 is 1.44 bits per heavy atom. The summed E-state index contributed by atoms with van der Waals surface area (Å²) in [6.45, 7) is 8.92. The molecule has 0 aliphatic rings. The van der Waals surface area contributed by atoms with Crippen LogP contribution < -0.4 is 0 Å². The van der Waals surface area contributed by atoms with Gasteiger partial charge >= 0.3 is 0 Å². The van der Waals surface area contributed by atoms with Crippen LogP contribution in [0, 0.1) is 6.07 Å². The van der Waals surface area contributed by atoms with Crippen molar-refractivity contribution in [3.8, 4) is 34.2 Å². The number of aromatic nitrogens is 4. The van der Waals surface area contributed by atoms with E-state index in [-0.39, 0.29) is 26.8 Å². The van der Waals surface area contributed by atoms with Crippen molar-refractivity contribution in [3.05, 3.63) is 115 Å². The van der Waals surface area contributed by atoms with Gasteiger partial charge in [-0.05, 0) is 41.2 Å². The van der Waals surface area contributed by atoms with E-state index < -0.39 is 0 Å². The van der Waals surface area contributed by atoms with Crippen molar-refractivity contribution in [2.45, 2.75) is 39.5 Å². The van der Waals surface area contributed by atoms with Gasteiger partial charge in [0.15, 0.2) is 5.82 Å². The van der Waals surface area contributed by atoms with Crippen LogP contribution in [0.25, 0.3) is 61.0 Å². The molecule has 7 aromatic rings. The minimum absolute atomic E-state index is 0. The molecule has 3 heterocycles. The minimum atomic E-state index is 0. The van der Waals surface area contributed by atoms with Gasteiger partial charge in [-0.3, -0.25) is 9.55 Å². The van der Waals surface area contributed by atoms with E-state index in [0.717, 1.165) is 44.4 Å². The number of imidazole rings is 1. The number of hydrogen-bond donors (Lipinski definition) is 1. The SMILES string of the molecule is CC(C)c1cccc(C(C)C)c1-n1cc(-c2cccc3ccc[c-]c23)nc1-c1ccc2ncc3cccc(O)c3c2n1.[Pt]. The van der Waals surface area contributed by atoms with E-state index in [2.05, 4.69) is 92.0 Å². The maximum Gasteiger partial charge on any atom is 0.163 e. The quantitative estimate of drug-likeness (QED) is 0.141. The number of nitrogens with zero attached hydrogens (tertiary/aromatic N) is 4. The molecule has 7 rings (SSSR count). The normalized spacial score (nSPS) is 11.6. The van der Waals surface area contributed by atoms with E-state index in [1.54, 1.807) is 12.3 Å². The first kappa shape index (κ1) is 28.8. The summed E-state index contributed by atoms with van der Waals surface area (Å²) in [6, 6.07) is 31.8. The molecule has 6 heteroatoms. The van der Waals surface area contributed by atoms with Gasteiger partial charge in [-0.15, -0.1) is 35.0 Å². The van der Waals surface area contributed by atoms with Gasteiger partial charge in [0.05, 0.1) is 16.6 Å². The smallest absolute Gasteiger partial charge is 0.163 e. The molecular weight excluding hydrogens is 712 g/mol. The van der Waals surface area contributed by atoms with Gasteiger partial charge in [0.1, 0.15) is 17.0 Å². The van der Waals surface area contributed by atoms with Crippen LogP contribution in [0.1, 0.15) is 50.7 Å². The number of benzene rings is 4. The molecule has 0 radical (unpaired) electrons. The Morgan fingerprint density at radius 3 is 2.21 bits per heavy atom. The first-order valence-corrected chi connectivity index (χ1v) is 14.4. The largest absolute Gasteiger partial charge is 0.507 e. The third-order valence-electron chi connectivity index (χ3n) is 8.02. The summed E-state index contributed by atoms with van der Waals surface area (Å²) in [5, 5.41) is 14.5. The molecule has 0 atom stereocenters. The molecule has 4 aromatic carbocycles. The molecule has 0 saturated heterocycles. The minimum Gasteiger partial charge on any atom is -0.507 e. The molecular formula is C37H31N4OPt-. The van der Waals surface area contributed by atoms with Crippen molar-refractivity contribution in [1.29, 1.82) is 0 Å². The fourth-order valence-electron chi connectivity index (χ4n) is 5.94. The van der Waals surface area contributed by atoms with E-state index in [4.69, 9.17) is 9.97 Å². The molecule has 1 N–H and O–H groups in total. The van der Waals surface area contributed by atoms with Crippen molar-refractivity contribution >= 4 is 32.6 Å². The summed E-state index contributed by atoms with van der Waals surface area (Å²) >= 11 is 0. The molecule has 3 aromatic heterocycles. The zero-order chi connectivity index (χ0) is 29.0. The number of hydrogen-bond acceptors (Lipinski definition) is 4. The van der Waals surface area contributed by atoms with Gasteiger partial charge in [0.2, 0.25) is 0 Å². The predicted molar refractivity (Wildman–Crippen MR) is 171 cm³/mol. The standard InChI is InChI=1S/C37H31N4O.Pt/c1-22(2)26-14-9-15-27(23(3)4)36(26)41-21-32(29-16-7-11-24-10-5-6-13-28(24)29)40-37(41)31-19-18-30-35(39-31)34-25(20-38-30)12-8-17-33(34)42;/h5-12,14-23,42H,1-4H3;/q-1;. The Kier molecular flexibility index (Phi) is 7.62. The van der Waals surface area contributed by atoms with E-state index in [1.165, 1.54) is 11.1 Å². The molecule has 216 valence electrons. The van der Waals surface area contributed by atoms with E-state index >= 15 is 0 Å². The van der Waals surface area contributed by atoms with Crippen molar-refractivity contribution in [2.24, 2.45) is 0 Å². The molecule has 0 spiro atoms. The van der Waals surface area contributed by atoms with Crippen LogP contribution in [0.3, 0.4) is 0 Å². The van der Waals surface area contributed by atoms with Crippen molar-refractivity contribution in [2.75, 3.05) is 0 Å². The molecule has 0 fully saturated rings. The summed E-state index contributed by atoms with van der Waals surface area (Å²) in [5.41, 5.74) is 7.60. The Morgan fingerprint density at radius 1 is 0.744 bits per heavy atom. The fraction of sp³-hybridized carbons (Fsp3) is 0.162. The number of para-hydroxylation sites is 1. The number of fused-ring (bicyclic) bond motifs is 4. The fourth-order valence-corrected chi connectivity index (χ4v) is 5.94. The Labute approximate surface area is 265 Å². The van der Waals surface area contributed by atoms with Gasteiger partial charge in [-0.2, -0.15) is 0 Å². The number of pyridine rings is 2. The topological polar surface area (TPSA) is 63.8 Å². The zero-order valence-corrected chi connectivity index (χ0v) is 26.7. The Hall–Kier alpha value is -4.34. The van der Waals surface area contributed by atoms with Gasteiger partial charge in [-0.25, -0.2) is 9.97 Å². The number of rotatable bonds is 5. The molecule has 0 amide bonds. The summed E-state index contributed by atoms with van der Waals surface area (Å²) in [5.74, 6) is 1.53. The van der Waals surface area contributed by atoms with E-state index in [9.17, 15) is 5.11 Å². The van der Waals surface area contributed by atoms with Crippen molar-refractivity contribution < 1.29 is 26.2 Å². The van der Waals surface area contributed by atoms with Gasteiger partial charge in [0, 0.05) is 44.5 Å². The van der Waals surface area contributed by atoms with Crippen molar-refractivity contribution in [1.82, 2.24) is 19.5 Å². The second kappa shape index (κ2) is 11.4. The average Bonchev–Trinajstić information content (AvgIpc) is 3.45. The number of phenols is 1. The molecule has 0 aliphatic carbocycles. The third kappa shape index (κ3) is 4.92.